The lowest BCUT2D eigenvalue weighted by molar-refractivity contribution is -0.120. The smallest absolute Gasteiger partial charge is 0.226 e. The molecule has 0 saturated carbocycles. The maximum atomic E-state index is 12.3. The Morgan fingerprint density at radius 2 is 1.96 bits per heavy atom. The average Bonchev–Trinajstić information content (AvgIpc) is 3.14. The van der Waals surface area contributed by atoms with Crippen molar-refractivity contribution in [1.29, 1.82) is 5.26 Å². The SMILES string of the molecule is N#CN1CCC(CNC(=O)Cc2nc3ccc(-c4ccccc4)cc3s2)CC1. The molecule has 0 radical (unpaired) electrons. The Kier molecular flexibility index (Phi) is 5.54. The topological polar surface area (TPSA) is 69.0 Å². The van der Waals surface area contributed by atoms with E-state index in [4.69, 9.17) is 5.26 Å². The molecular formula is C22H22N4OS. The number of rotatable bonds is 5. The summed E-state index contributed by atoms with van der Waals surface area (Å²) >= 11 is 1.58. The zero-order chi connectivity index (χ0) is 19.3. The molecule has 0 spiro atoms. The van der Waals surface area contributed by atoms with Gasteiger partial charge in [-0.25, -0.2) is 4.98 Å². The van der Waals surface area contributed by atoms with Crippen molar-refractivity contribution in [2.75, 3.05) is 19.6 Å². The van der Waals surface area contributed by atoms with Gasteiger partial charge in [0.05, 0.1) is 16.6 Å². The standard InChI is InChI=1S/C22H22N4OS/c23-15-26-10-8-16(9-11-26)14-24-21(27)13-22-25-19-7-6-18(12-20(19)28-22)17-4-2-1-3-5-17/h1-7,12,16H,8-11,13-14H2,(H,24,27). The Morgan fingerprint density at radius 3 is 2.71 bits per heavy atom. The van der Waals surface area contributed by atoms with Crippen molar-refractivity contribution >= 4 is 27.5 Å². The maximum Gasteiger partial charge on any atom is 0.226 e. The van der Waals surface area contributed by atoms with Crippen LogP contribution in [0.2, 0.25) is 0 Å². The fourth-order valence-corrected chi connectivity index (χ4v) is 4.56. The van der Waals surface area contributed by atoms with Gasteiger partial charge in [-0.3, -0.25) is 4.79 Å². The van der Waals surface area contributed by atoms with E-state index in [1.54, 1.807) is 16.2 Å². The molecule has 1 fully saturated rings. The highest BCUT2D eigenvalue weighted by atomic mass is 32.1. The highest BCUT2D eigenvalue weighted by molar-refractivity contribution is 7.18. The molecule has 1 aliphatic heterocycles. The summed E-state index contributed by atoms with van der Waals surface area (Å²) in [5.74, 6) is 0.474. The number of nitrogens with zero attached hydrogens (tertiary/aromatic N) is 3. The first-order chi connectivity index (χ1) is 13.7. The second-order valence-electron chi connectivity index (χ2n) is 7.17. The van der Waals surface area contributed by atoms with Gasteiger partial charge in [0.2, 0.25) is 5.91 Å². The summed E-state index contributed by atoms with van der Waals surface area (Å²) in [6.07, 6.45) is 4.42. The number of piperidine rings is 1. The van der Waals surface area contributed by atoms with Crippen molar-refractivity contribution in [3.63, 3.8) is 0 Å². The van der Waals surface area contributed by atoms with E-state index in [2.05, 4.69) is 40.8 Å². The Hall–Kier alpha value is -2.91. The molecule has 3 aromatic rings. The summed E-state index contributed by atoms with van der Waals surface area (Å²) in [7, 11) is 0. The molecule has 0 unspecified atom stereocenters. The van der Waals surface area contributed by atoms with Gasteiger partial charge in [0.1, 0.15) is 5.01 Å². The number of fused-ring (bicyclic) bond motifs is 1. The third kappa shape index (κ3) is 4.32. The van der Waals surface area contributed by atoms with Crippen LogP contribution in [0.1, 0.15) is 17.8 Å². The van der Waals surface area contributed by atoms with Gasteiger partial charge in [-0.15, -0.1) is 11.3 Å². The van der Waals surface area contributed by atoms with E-state index in [1.807, 2.05) is 24.3 Å². The monoisotopic (exact) mass is 390 g/mol. The van der Waals surface area contributed by atoms with Crippen LogP contribution in [0.4, 0.5) is 0 Å². The van der Waals surface area contributed by atoms with Gasteiger partial charge in [0.15, 0.2) is 6.19 Å². The number of amides is 1. The van der Waals surface area contributed by atoms with Gasteiger partial charge >= 0.3 is 0 Å². The molecule has 1 aromatic heterocycles. The number of aromatic nitrogens is 1. The molecule has 28 heavy (non-hydrogen) atoms. The first kappa shape index (κ1) is 18.5. The van der Waals surface area contributed by atoms with Crippen LogP contribution in [0.25, 0.3) is 21.3 Å². The number of hydrogen-bond donors (Lipinski definition) is 1. The summed E-state index contributed by atoms with van der Waals surface area (Å²) in [5, 5.41) is 12.8. The molecular weight excluding hydrogens is 368 g/mol. The molecule has 1 amide bonds. The van der Waals surface area contributed by atoms with Gasteiger partial charge in [0.25, 0.3) is 0 Å². The molecule has 1 N–H and O–H groups in total. The van der Waals surface area contributed by atoms with Gasteiger partial charge in [0, 0.05) is 19.6 Å². The maximum absolute atomic E-state index is 12.3. The van der Waals surface area contributed by atoms with Crippen LogP contribution in [-0.4, -0.2) is 35.4 Å². The predicted molar refractivity (Wildman–Crippen MR) is 112 cm³/mol. The lowest BCUT2D eigenvalue weighted by atomic mass is 9.97. The number of hydrogen-bond acceptors (Lipinski definition) is 5. The largest absolute Gasteiger partial charge is 0.355 e. The molecule has 2 aromatic carbocycles. The molecule has 0 bridgehead atoms. The van der Waals surface area contributed by atoms with Gasteiger partial charge in [-0.1, -0.05) is 36.4 Å². The molecule has 1 aliphatic rings. The minimum Gasteiger partial charge on any atom is -0.355 e. The molecule has 4 rings (SSSR count). The highest BCUT2D eigenvalue weighted by Gasteiger charge is 2.19. The molecule has 1 saturated heterocycles. The molecule has 0 aliphatic carbocycles. The van der Waals surface area contributed by atoms with Crippen molar-refractivity contribution in [1.82, 2.24) is 15.2 Å². The Morgan fingerprint density at radius 1 is 1.18 bits per heavy atom. The number of thiazole rings is 1. The molecule has 142 valence electrons. The normalized spacial score (nSPS) is 14.8. The number of likely N-dealkylation sites (tertiary alicyclic amines) is 1. The van der Waals surface area contributed by atoms with Gasteiger partial charge in [-0.05, 0) is 42.0 Å². The second-order valence-corrected chi connectivity index (χ2v) is 8.28. The summed E-state index contributed by atoms with van der Waals surface area (Å²) in [5.41, 5.74) is 3.28. The molecule has 0 atom stereocenters. The van der Waals surface area contributed by atoms with Gasteiger partial charge in [-0.2, -0.15) is 5.26 Å². The quantitative estimate of drug-likeness (QED) is 0.673. The molecule has 6 heteroatoms. The van der Waals surface area contributed by atoms with Crippen LogP contribution in [0.3, 0.4) is 0 Å². The van der Waals surface area contributed by atoms with Crippen molar-refractivity contribution in [3.8, 4) is 17.3 Å². The Labute approximate surface area is 168 Å². The van der Waals surface area contributed by atoms with E-state index in [1.165, 1.54) is 5.56 Å². The zero-order valence-corrected chi connectivity index (χ0v) is 16.4. The molecule has 5 nitrogen and oxygen atoms in total. The summed E-state index contributed by atoms with van der Waals surface area (Å²) in [6, 6.07) is 16.5. The predicted octanol–water partition coefficient (Wildman–Crippen LogP) is 3.82. The average molecular weight is 391 g/mol. The minimum atomic E-state index is 0.0186. The van der Waals surface area contributed by atoms with E-state index in [0.29, 0.717) is 18.9 Å². The van der Waals surface area contributed by atoms with E-state index in [9.17, 15) is 4.79 Å². The zero-order valence-electron chi connectivity index (χ0n) is 15.6. The van der Waals surface area contributed by atoms with Crippen LogP contribution in [0, 0.1) is 17.4 Å². The fraction of sp³-hybridized carbons (Fsp3) is 0.318. The van der Waals surface area contributed by atoms with Crippen molar-refractivity contribution in [2.24, 2.45) is 5.92 Å². The Balaban J connectivity index is 1.35. The first-order valence-corrected chi connectivity index (χ1v) is 10.4. The second kappa shape index (κ2) is 8.41. The summed E-state index contributed by atoms with van der Waals surface area (Å²) in [4.78, 5) is 18.7. The summed E-state index contributed by atoms with van der Waals surface area (Å²) in [6.45, 7) is 2.26. The first-order valence-electron chi connectivity index (χ1n) is 9.57. The lowest BCUT2D eigenvalue weighted by Gasteiger charge is -2.28. The number of benzene rings is 2. The lowest BCUT2D eigenvalue weighted by Crippen LogP contribution is -2.37. The van der Waals surface area contributed by atoms with Crippen LogP contribution in [-0.2, 0) is 11.2 Å². The van der Waals surface area contributed by atoms with Gasteiger partial charge < -0.3 is 10.2 Å². The van der Waals surface area contributed by atoms with Crippen LogP contribution in [0.15, 0.2) is 48.5 Å². The van der Waals surface area contributed by atoms with E-state index in [0.717, 1.165) is 46.7 Å². The molecule has 2 heterocycles. The third-order valence-corrected chi connectivity index (χ3v) is 6.21. The Bertz CT molecular complexity index is 1000. The van der Waals surface area contributed by atoms with Crippen molar-refractivity contribution in [3.05, 3.63) is 53.5 Å². The number of carbonyl (C=O) groups excluding carboxylic acids is 1. The van der Waals surface area contributed by atoms with E-state index in [-0.39, 0.29) is 5.91 Å². The number of nitrogens with one attached hydrogen (secondary N) is 1. The van der Waals surface area contributed by atoms with Crippen molar-refractivity contribution < 1.29 is 4.79 Å². The van der Waals surface area contributed by atoms with E-state index >= 15 is 0 Å². The van der Waals surface area contributed by atoms with Crippen LogP contribution < -0.4 is 5.32 Å². The van der Waals surface area contributed by atoms with Crippen molar-refractivity contribution in [2.45, 2.75) is 19.3 Å². The third-order valence-electron chi connectivity index (χ3n) is 5.20. The summed E-state index contributed by atoms with van der Waals surface area (Å²) < 4.78 is 1.10. The van der Waals surface area contributed by atoms with Crippen LogP contribution in [0.5, 0.6) is 0 Å². The fourth-order valence-electron chi connectivity index (χ4n) is 3.55. The van der Waals surface area contributed by atoms with Crippen LogP contribution >= 0.6 is 11.3 Å². The highest BCUT2D eigenvalue weighted by Crippen LogP contribution is 2.28. The number of nitriles is 1. The number of carbonyl (C=O) groups is 1. The minimum absolute atomic E-state index is 0.0186. The van der Waals surface area contributed by atoms with E-state index < -0.39 is 0 Å².